The summed E-state index contributed by atoms with van der Waals surface area (Å²) in [6.07, 6.45) is 2.42. The van der Waals surface area contributed by atoms with E-state index in [1.54, 1.807) is 6.08 Å². The van der Waals surface area contributed by atoms with Gasteiger partial charge in [-0.05, 0) is 46.0 Å². The van der Waals surface area contributed by atoms with Gasteiger partial charge in [0.05, 0.1) is 5.56 Å². The van der Waals surface area contributed by atoms with Gasteiger partial charge in [0.15, 0.2) is 0 Å². The molecule has 0 fully saturated rings. The number of fused-ring (bicyclic) bond motifs is 3. The van der Waals surface area contributed by atoms with E-state index in [0.29, 0.717) is 0 Å². The normalized spacial score (nSPS) is 12.4. The SMILES string of the molecule is O=C(NCC=Cc1cc(F)ccc1C(=O)O)OCC1c2ccccc2-c2ccccc21. The number of alkyl carbamates (subject to hydrolysis) is 1. The summed E-state index contributed by atoms with van der Waals surface area (Å²) in [7, 11) is 0. The zero-order valence-corrected chi connectivity index (χ0v) is 16.5. The van der Waals surface area contributed by atoms with Crippen molar-refractivity contribution >= 4 is 18.1 Å². The minimum absolute atomic E-state index is 0.0150. The number of benzene rings is 3. The zero-order valence-electron chi connectivity index (χ0n) is 16.5. The van der Waals surface area contributed by atoms with Crippen LogP contribution in [0.25, 0.3) is 17.2 Å². The van der Waals surface area contributed by atoms with Crippen LogP contribution in [-0.2, 0) is 4.74 Å². The topological polar surface area (TPSA) is 75.6 Å². The second-order valence-electron chi connectivity index (χ2n) is 7.15. The van der Waals surface area contributed by atoms with E-state index in [2.05, 4.69) is 17.4 Å². The number of carboxylic acids is 1. The molecule has 0 bridgehead atoms. The lowest BCUT2D eigenvalue weighted by molar-refractivity contribution is 0.0696. The van der Waals surface area contributed by atoms with Crippen LogP contribution in [0.2, 0.25) is 0 Å². The molecule has 0 aromatic heterocycles. The molecule has 6 heteroatoms. The number of hydrogen-bond acceptors (Lipinski definition) is 3. The van der Waals surface area contributed by atoms with E-state index in [0.717, 1.165) is 34.4 Å². The van der Waals surface area contributed by atoms with E-state index < -0.39 is 17.9 Å². The molecule has 3 aromatic rings. The van der Waals surface area contributed by atoms with Crippen LogP contribution < -0.4 is 5.32 Å². The third kappa shape index (κ3) is 4.33. The number of halogens is 1. The molecule has 1 aliphatic carbocycles. The molecule has 4 rings (SSSR count). The van der Waals surface area contributed by atoms with Gasteiger partial charge in [0, 0.05) is 12.5 Å². The summed E-state index contributed by atoms with van der Waals surface area (Å²) in [5, 5.41) is 11.8. The van der Waals surface area contributed by atoms with Gasteiger partial charge in [0.2, 0.25) is 0 Å². The lowest BCUT2D eigenvalue weighted by atomic mass is 9.98. The van der Waals surface area contributed by atoms with E-state index in [1.165, 1.54) is 12.1 Å². The summed E-state index contributed by atoms with van der Waals surface area (Å²) in [5.41, 5.74) is 4.77. The maximum absolute atomic E-state index is 13.4. The summed E-state index contributed by atoms with van der Waals surface area (Å²) in [4.78, 5) is 23.4. The Labute approximate surface area is 178 Å². The molecule has 0 aliphatic heterocycles. The highest BCUT2D eigenvalue weighted by atomic mass is 19.1. The third-order valence-corrected chi connectivity index (χ3v) is 5.25. The van der Waals surface area contributed by atoms with Crippen molar-refractivity contribution in [2.75, 3.05) is 13.2 Å². The number of carbonyl (C=O) groups excluding carboxylic acids is 1. The first-order valence-corrected chi connectivity index (χ1v) is 9.83. The molecule has 1 aliphatic rings. The summed E-state index contributed by atoms with van der Waals surface area (Å²) >= 11 is 0. The van der Waals surface area contributed by atoms with Crippen molar-refractivity contribution in [1.29, 1.82) is 0 Å². The lowest BCUT2D eigenvalue weighted by Gasteiger charge is -2.14. The van der Waals surface area contributed by atoms with Gasteiger partial charge < -0.3 is 15.2 Å². The van der Waals surface area contributed by atoms with E-state index in [4.69, 9.17) is 9.84 Å². The maximum atomic E-state index is 13.4. The monoisotopic (exact) mass is 417 g/mol. The Balaban J connectivity index is 1.35. The predicted octanol–water partition coefficient (Wildman–Crippen LogP) is 5.08. The molecule has 1 amide bonds. The van der Waals surface area contributed by atoms with Crippen LogP contribution in [0.4, 0.5) is 9.18 Å². The highest BCUT2D eigenvalue weighted by molar-refractivity contribution is 5.92. The molecule has 0 spiro atoms. The average molecular weight is 417 g/mol. The Bertz CT molecular complexity index is 1130. The van der Waals surface area contributed by atoms with E-state index in [-0.39, 0.29) is 30.2 Å². The first-order chi connectivity index (χ1) is 15.0. The van der Waals surface area contributed by atoms with Crippen LogP contribution in [0.5, 0.6) is 0 Å². The molecule has 2 N–H and O–H groups in total. The molecule has 5 nitrogen and oxygen atoms in total. The van der Waals surface area contributed by atoms with E-state index in [9.17, 15) is 14.0 Å². The van der Waals surface area contributed by atoms with Crippen molar-refractivity contribution in [2.24, 2.45) is 0 Å². The molecule has 0 unspecified atom stereocenters. The summed E-state index contributed by atoms with van der Waals surface area (Å²) in [6, 6.07) is 19.6. The number of nitrogens with one attached hydrogen (secondary N) is 1. The average Bonchev–Trinajstić information content (AvgIpc) is 3.09. The molecular weight excluding hydrogens is 397 g/mol. The molecule has 3 aromatic carbocycles. The number of hydrogen-bond donors (Lipinski definition) is 2. The summed E-state index contributed by atoms with van der Waals surface area (Å²) in [6.45, 7) is 0.322. The van der Waals surface area contributed by atoms with E-state index >= 15 is 0 Å². The smallest absolute Gasteiger partial charge is 0.407 e. The Morgan fingerprint density at radius 1 is 1.00 bits per heavy atom. The van der Waals surface area contributed by atoms with E-state index in [1.807, 2.05) is 36.4 Å². The van der Waals surface area contributed by atoms with Gasteiger partial charge in [-0.25, -0.2) is 14.0 Å². The minimum atomic E-state index is -1.15. The highest BCUT2D eigenvalue weighted by Crippen LogP contribution is 2.44. The second-order valence-corrected chi connectivity index (χ2v) is 7.15. The maximum Gasteiger partial charge on any atom is 0.407 e. The van der Waals surface area contributed by atoms with Crippen molar-refractivity contribution in [3.8, 4) is 11.1 Å². The van der Waals surface area contributed by atoms with Gasteiger partial charge in [-0.2, -0.15) is 0 Å². The Kier molecular flexibility index (Phi) is 5.80. The summed E-state index contributed by atoms with van der Waals surface area (Å²) < 4.78 is 18.8. The van der Waals surface area contributed by atoms with Crippen LogP contribution in [0.15, 0.2) is 72.8 Å². The van der Waals surface area contributed by atoms with Crippen molar-refractivity contribution < 1.29 is 23.8 Å². The molecule has 0 saturated heterocycles. The Morgan fingerprint density at radius 3 is 2.29 bits per heavy atom. The van der Waals surface area contributed by atoms with Crippen molar-refractivity contribution in [3.05, 3.63) is 101 Å². The highest BCUT2D eigenvalue weighted by Gasteiger charge is 2.28. The second kappa shape index (κ2) is 8.83. The Hall–Kier alpha value is -3.93. The van der Waals surface area contributed by atoms with Gasteiger partial charge in [-0.1, -0.05) is 60.7 Å². The number of ether oxygens (including phenoxy) is 1. The molecule has 0 saturated carbocycles. The van der Waals surface area contributed by atoms with Gasteiger partial charge in [0.25, 0.3) is 0 Å². The number of carboxylic acid groups (broad SMARTS) is 1. The molecule has 0 radical (unpaired) electrons. The van der Waals surface area contributed by atoms with Crippen LogP contribution in [0, 0.1) is 5.82 Å². The largest absolute Gasteiger partial charge is 0.478 e. The number of aromatic carboxylic acids is 1. The number of rotatable bonds is 6. The number of amides is 1. The van der Waals surface area contributed by atoms with Crippen LogP contribution in [-0.4, -0.2) is 30.3 Å². The van der Waals surface area contributed by atoms with Gasteiger partial charge in [0.1, 0.15) is 12.4 Å². The molecule has 156 valence electrons. The predicted molar refractivity (Wildman–Crippen MR) is 115 cm³/mol. The van der Waals surface area contributed by atoms with Crippen LogP contribution in [0.1, 0.15) is 33.0 Å². The fraction of sp³-hybridized carbons (Fsp3) is 0.120. The molecule has 31 heavy (non-hydrogen) atoms. The number of carbonyl (C=O) groups is 2. The van der Waals surface area contributed by atoms with Crippen molar-refractivity contribution in [1.82, 2.24) is 5.32 Å². The standard InChI is InChI=1S/C25H20FNO4/c26-17-11-12-18(24(28)29)16(14-17)6-5-13-27-25(30)31-15-23-21-9-3-1-7-19(21)20-8-2-4-10-22(20)23/h1-12,14,23H,13,15H2,(H,27,30)(H,28,29). The van der Waals surface area contributed by atoms with Gasteiger partial charge >= 0.3 is 12.1 Å². The molecule has 0 atom stereocenters. The van der Waals surface area contributed by atoms with Crippen molar-refractivity contribution in [2.45, 2.75) is 5.92 Å². The Morgan fingerprint density at radius 2 is 1.65 bits per heavy atom. The zero-order chi connectivity index (χ0) is 21.8. The fourth-order valence-electron chi connectivity index (χ4n) is 3.84. The lowest BCUT2D eigenvalue weighted by Crippen LogP contribution is -2.26. The van der Waals surface area contributed by atoms with Crippen LogP contribution in [0.3, 0.4) is 0 Å². The van der Waals surface area contributed by atoms with Crippen molar-refractivity contribution in [3.63, 3.8) is 0 Å². The third-order valence-electron chi connectivity index (χ3n) is 5.25. The quantitative estimate of drug-likeness (QED) is 0.587. The molecular formula is C25H20FNO4. The van der Waals surface area contributed by atoms with Gasteiger partial charge in [-0.15, -0.1) is 0 Å². The summed E-state index contributed by atoms with van der Waals surface area (Å²) in [5.74, 6) is -1.71. The van der Waals surface area contributed by atoms with Gasteiger partial charge in [-0.3, -0.25) is 0 Å². The minimum Gasteiger partial charge on any atom is -0.478 e. The first kappa shape index (κ1) is 20.3. The van der Waals surface area contributed by atoms with Crippen LogP contribution >= 0.6 is 0 Å². The first-order valence-electron chi connectivity index (χ1n) is 9.83. The fourth-order valence-corrected chi connectivity index (χ4v) is 3.84. The molecule has 0 heterocycles.